The zero-order valence-corrected chi connectivity index (χ0v) is 37.6. The fourth-order valence-electron chi connectivity index (χ4n) is 5.70. The number of carbonyl (C=O) groups is 2. The van der Waals surface area contributed by atoms with Crippen molar-refractivity contribution in [2.45, 2.75) is 180 Å². The number of phosphoric acid groups is 1. The van der Waals surface area contributed by atoms with Gasteiger partial charge in [0.25, 0.3) is 0 Å². The largest absolute Gasteiger partial charge is 0.472 e. The summed E-state index contributed by atoms with van der Waals surface area (Å²) in [4.78, 5) is 35.0. The van der Waals surface area contributed by atoms with Crippen molar-refractivity contribution < 1.29 is 52.9 Å². The van der Waals surface area contributed by atoms with E-state index in [1.807, 2.05) is 12.2 Å². The molecular formula is C47H81O11P. The molecule has 11 nitrogen and oxygen atoms in total. The average molecular weight is 853 g/mol. The molecule has 0 saturated carbocycles. The minimum absolute atomic E-state index is 0.0244. The summed E-state index contributed by atoms with van der Waals surface area (Å²) >= 11 is 0. The van der Waals surface area contributed by atoms with Gasteiger partial charge in [-0.25, -0.2) is 4.57 Å². The van der Waals surface area contributed by atoms with Crippen LogP contribution in [0.4, 0.5) is 0 Å². The van der Waals surface area contributed by atoms with Crippen LogP contribution in [0, 0.1) is 5.92 Å². The number of esters is 2. The molecule has 0 aliphatic carbocycles. The highest BCUT2D eigenvalue weighted by atomic mass is 31.2. The van der Waals surface area contributed by atoms with Crippen LogP contribution in [0.5, 0.6) is 0 Å². The average Bonchev–Trinajstić information content (AvgIpc) is 3.20. The van der Waals surface area contributed by atoms with Crippen molar-refractivity contribution in [3.63, 3.8) is 0 Å². The van der Waals surface area contributed by atoms with E-state index >= 15 is 0 Å². The van der Waals surface area contributed by atoms with Crippen LogP contribution in [0.1, 0.15) is 162 Å². The molecule has 2 unspecified atom stereocenters. The van der Waals surface area contributed by atoms with Crippen LogP contribution in [0.2, 0.25) is 0 Å². The third kappa shape index (κ3) is 41.9. The Morgan fingerprint density at radius 1 is 0.627 bits per heavy atom. The van der Waals surface area contributed by atoms with Crippen molar-refractivity contribution in [3.05, 3.63) is 72.9 Å². The van der Waals surface area contributed by atoms with Gasteiger partial charge >= 0.3 is 19.8 Å². The highest BCUT2D eigenvalue weighted by molar-refractivity contribution is 7.47. The van der Waals surface area contributed by atoms with E-state index in [9.17, 15) is 29.3 Å². The van der Waals surface area contributed by atoms with Gasteiger partial charge in [-0.05, 0) is 50.9 Å². The van der Waals surface area contributed by atoms with Crippen molar-refractivity contribution in [2.75, 3.05) is 26.4 Å². The van der Waals surface area contributed by atoms with Gasteiger partial charge in [-0.3, -0.25) is 18.6 Å². The highest BCUT2D eigenvalue weighted by Crippen LogP contribution is 2.43. The number of phosphoric ester groups is 1. The van der Waals surface area contributed by atoms with E-state index in [-0.39, 0.29) is 19.4 Å². The monoisotopic (exact) mass is 853 g/mol. The molecule has 0 aliphatic rings. The normalized spacial score (nSPS) is 15.1. The first kappa shape index (κ1) is 56.4. The van der Waals surface area contributed by atoms with Crippen molar-refractivity contribution in [3.8, 4) is 0 Å². The summed E-state index contributed by atoms with van der Waals surface area (Å²) in [6, 6.07) is 0. The Labute approximate surface area is 357 Å². The van der Waals surface area contributed by atoms with Gasteiger partial charge in [-0.2, -0.15) is 0 Å². The van der Waals surface area contributed by atoms with Crippen LogP contribution in [-0.4, -0.2) is 76.9 Å². The molecule has 59 heavy (non-hydrogen) atoms. The van der Waals surface area contributed by atoms with Gasteiger partial charge < -0.3 is 29.7 Å². The third-order valence-corrected chi connectivity index (χ3v) is 10.1. The summed E-state index contributed by atoms with van der Waals surface area (Å²) in [6.45, 7) is 4.38. The molecule has 0 spiro atoms. The molecule has 0 amide bonds. The topological polar surface area (TPSA) is 169 Å². The fraction of sp³-hybridized carbons (Fsp3) is 0.702. The van der Waals surface area contributed by atoms with Crippen LogP contribution in [0.25, 0.3) is 0 Å². The lowest BCUT2D eigenvalue weighted by molar-refractivity contribution is -0.161. The lowest BCUT2D eigenvalue weighted by atomic mass is 10.0. The number of carbonyl (C=O) groups excluding carboxylic acids is 2. The second-order valence-corrected chi connectivity index (χ2v) is 16.8. The third-order valence-electron chi connectivity index (χ3n) is 9.15. The molecule has 0 saturated heterocycles. The second kappa shape index (κ2) is 40.8. The summed E-state index contributed by atoms with van der Waals surface area (Å²) in [6.07, 6.45) is 41.9. The van der Waals surface area contributed by atoms with Gasteiger partial charge in [0.2, 0.25) is 0 Å². The van der Waals surface area contributed by atoms with Crippen LogP contribution < -0.4 is 0 Å². The van der Waals surface area contributed by atoms with E-state index in [0.29, 0.717) is 19.3 Å². The fourth-order valence-corrected chi connectivity index (χ4v) is 6.49. The van der Waals surface area contributed by atoms with Gasteiger partial charge in [0.05, 0.1) is 25.9 Å². The minimum atomic E-state index is -4.67. The summed E-state index contributed by atoms with van der Waals surface area (Å²) in [5.74, 6) is -0.301. The van der Waals surface area contributed by atoms with E-state index in [1.165, 1.54) is 64.2 Å². The molecule has 0 heterocycles. The molecular weight excluding hydrogens is 771 g/mol. The number of rotatable bonds is 40. The van der Waals surface area contributed by atoms with Gasteiger partial charge in [-0.15, -0.1) is 0 Å². The zero-order valence-electron chi connectivity index (χ0n) is 36.7. The van der Waals surface area contributed by atoms with Crippen LogP contribution in [-0.2, 0) is 32.7 Å². The maximum Gasteiger partial charge on any atom is 0.472 e. The molecule has 0 bridgehead atoms. The van der Waals surface area contributed by atoms with E-state index in [2.05, 4.69) is 61.8 Å². The number of unbranched alkanes of at least 4 members (excludes halogenated alkanes) is 12. The predicted octanol–water partition coefficient (Wildman–Crippen LogP) is 10.9. The molecule has 0 rings (SSSR count). The zero-order chi connectivity index (χ0) is 43.7. The molecule has 0 aromatic rings. The second-order valence-electron chi connectivity index (χ2n) is 15.4. The number of aliphatic hydroxyl groups is 3. The quantitative estimate of drug-likeness (QED) is 0.0152. The van der Waals surface area contributed by atoms with Crippen LogP contribution in [0.15, 0.2) is 72.9 Å². The maximum absolute atomic E-state index is 12.6. The number of hydrogen-bond acceptors (Lipinski definition) is 10. The Morgan fingerprint density at radius 3 is 1.75 bits per heavy atom. The molecule has 4 atom stereocenters. The molecule has 0 aromatic heterocycles. The molecule has 0 fully saturated rings. The maximum atomic E-state index is 12.6. The Morgan fingerprint density at radius 2 is 1.17 bits per heavy atom. The first-order valence-electron chi connectivity index (χ1n) is 22.4. The molecule has 12 heteroatoms. The van der Waals surface area contributed by atoms with Gasteiger partial charge in [0.1, 0.15) is 12.7 Å². The van der Waals surface area contributed by atoms with E-state index < -0.39 is 57.9 Å². The van der Waals surface area contributed by atoms with Crippen molar-refractivity contribution >= 4 is 19.8 Å². The first-order chi connectivity index (χ1) is 28.5. The molecule has 4 N–H and O–H groups in total. The highest BCUT2D eigenvalue weighted by Gasteiger charge is 2.27. The van der Waals surface area contributed by atoms with Gasteiger partial charge in [0.15, 0.2) is 6.10 Å². The van der Waals surface area contributed by atoms with Gasteiger partial charge in [0, 0.05) is 12.8 Å². The number of ether oxygens (including phenoxy) is 2. The van der Waals surface area contributed by atoms with E-state index in [1.54, 1.807) is 24.3 Å². The van der Waals surface area contributed by atoms with Crippen LogP contribution >= 0.6 is 7.82 Å². The lowest BCUT2D eigenvalue weighted by Crippen LogP contribution is -2.29. The predicted molar refractivity (Wildman–Crippen MR) is 239 cm³/mol. The minimum Gasteiger partial charge on any atom is -0.462 e. The smallest absolute Gasteiger partial charge is 0.462 e. The van der Waals surface area contributed by atoms with Gasteiger partial charge in [-0.1, -0.05) is 177 Å². The Bertz CT molecular complexity index is 1240. The molecule has 0 aromatic carbocycles. The standard InChI is InChI=1S/C47H81O11P/c1-4-5-6-7-8-9-10-12-16-19-22-25-29-34-43(49)35-30-27-32-37-47(52)58-45(41-57-59(53,54)56-39-44(50)38-48)40-55-46(51)36-31-26-23-20-17-14-11-13-15-18-21-24-28-33-42(2)3/h5-6,8-9,12,16,22,25,27,29-30,34,42-45,48-50H,4,7,10-11,13-15,17-21,23-24,26,28,31-33,35-41H2,1-3H3,(H,53,54)/b6-5-,9-8-,16-12-,25-22-,30-27-,34-29-/t43?,44-,45+/m0/s1. The van der Waals surface area contributed by atoms with E-state index in [4.69, 9.17) is 19.1 Å². The molecule has 0 radical (unpaired) electrons. The lowest BCUT2D eigenvalue weighted by Gasteiger charge is -2.20. The SMILES string of the molecule is CC/C=C\C/C=C\C/C=C\C/C=C\C=C/C(O)C/C=C\CCC(=O)O[C@H](COC(=O)CCCCCCCCCCCCCCCC(C)C)COP(=O)(O)OC[C@@H](O)CO. The number of aliphatic hydroxyl groups excluding tert-OH is 3. The molecule has 0 aliphatic heterocycles. The first-order valence-corrected chi connectivity index (χ1v) is 23.9. The summed E-state index contributed by atoms with van der Waals surface area (Å²) in [5.41, 5.74) is 0. The Kier molecular flexibility index (Phi) is 38.9. The van der Waals surface area contributed by atoms with Crippen molar-refractivity contribution in [1.29, 1.82) is 0 Å². The van der Waals surface area contributed by atoms with Crippen molar-refractivity contribution in [2.24, 2.45) is 5.92 Å². The summed E-state index contributed by atoms with van der Waals surface area (Å²) in [5, 5.41) is 28.6. The number of allylic oxidation sites excluding steroid dienone is 10. The Hall–Kier alpha value is -2.63. The number of hydrogen-bond donors (Lipinski definition) is 4. The summed E-state index contributed by atoms with van der Waals surface area (Å²) in [7, 11) is -4.67. The van der Waals surface area contributed by atoms with Crippen LogP contribution in [0.3, 0.4) is 0 Å². The summed E-state index contributed by atoms with van der Waals surface area (Å²) < 4.78 is 32.6. The Balaban J connectivity index is 4.50. The van der Waals surface area contributed by atoms with Crippen molar-refractivity contribution in [1.82, 2.24) is 0 Å². The van der Waals surface area contributed by atoms with E-state index in [0.717, 1.165) is 50.9 Å². The molecule has 340 valence electrons.